The van der Waals surface area contributed by atoms with Crippen molar-refractivity contribution in [3.8, 4) is 11.3 Å². The van der Waals surface area contributed by atoms with Crippen molar-refractivity contribution in [3.05, 3.63) is 41.9 Å². The molecule has 0 aliphatic heterocycles. The molecule has 0 aliphatic carbocycles. The van der Waals surface area contributed by atoms with Crippen molar-refractivity contribution in [2.75, 3.05) is 0 Å². The van der Waals surface area contributed by atoms with E-state index in [1.54, 1.807) is 0 Å². The predicted octanol–water partition coefficient (Wildman–Crippen LogP) is 3.04. The van der Waals surface area contributed by atoms with Crippen molar-refractivity contribution in [1.82, 2.24) is 9.97 Å². The van der Waals surface area contributed by atoms with E-state index in [9.17, 15) is 0 Å². The largest absolute Gasteiger partial charge is 0.341 e. The molecule has 90 valence electrons. The van der Waals surface area contributed by atoms with Crippen LogP contribution < -0.4 is 5.73 Å². The molecule has 3 N–H and O–H groups in total. The van der Waals surface area contributed by atoms with Crippen molar-refractivity contribution < 1.29 is 0 Å². The van der Waals surface area contributed by atoms with Gasteiger partial charge in [0.25, 0.3) is 0 Å². The zero-order chi connectivity index (χ0) is 12.4. The summed E-state index contributed by atoms with van der Waals surface area (Å²) < 4.78 is 0. The highest BCUT2D eigenvalue weighted by Gasteiger charge is 2.14. The van der Waals surface area contributed by atoms with Gasteiger partial charge in [0.15, 0.2) is 0 Å². The van der Waals surface area contributed by atoms with Crippen molar-refractivity contribution in [2.24, 2.45) is 11.7 Å². The lowest BCUT2D eigenvalue weighted by Gasteiger charge is -2.12. The fraction of sp³-hybridized carbons (Fsp3) is 0.357. The van der Waals surface area contributed by atoms with Gasteiger partial charge in [0.2, 0.25) is 0 Å². The Kier molecular flexibility index (Phi) is 3.29. The van der Waals surface area contributed by atoms with E-state index in [-0.39, 0.29) is 6.04 Å². The molecule has 1 atom stereocenters. The number of aryl methyl sites for hydroxylation is 1. The van der Waals surface area contributed by atoms with E-state index in [0.717, 1.165) is 17.1 Å². The Morgan fingerprint density at radius 2 is 2.06 bits per heavy atom. The average Bonchev–Trinajstić information content (AvgIpc) is 2.77. The zero-order valence-electron chi connectivity index (χ0n) is 10.6. The van der Waals surface area contributed by atoms with Crippen molar-refractivity contribution in [3.63, 3.8) is 0 Å². The van der Waals surface area contributed by atoms with Crippen LogP contribution in [0.2, 0.25) is 0 Å². The van der Waals surface area contributed by atoms with Gasteiger partial charge >= 0.3 is 0 Å². The third kappa shape index (κ3) is 2.56. The van der Waals surface area contributed by atoms with Crippen LogP contribution in [0.5, 0.6) is 0 Å². The number of benzene rings is 1. The Morgan fingerprint density at radius 3 is 2.71 bits per heavy atom. The van der Waals surface area contributed by atoms with E-state index in [4.69, 9.17) is 5.73 Å². The van der Waals surface area contributed by atoms with E-state index in [0.29, 0.717) is 5.92 Å². The molecule has 0 saturated carbocycles. The van der Waals surface area contributed by atoms with Crippen LogP contribution in [0.25, 0.3) is 11.3 Å². The van der Waals surface area contributed by atoms with Crippen molar-refractivity contribution in [1.29, 1.82) is 0 Å². The molecule has 1 heterocycles. The zero-order valence-corrected chi connectivity index (χ0v) is 10.6. The van der Waals surface area contributed by atoms with E-state index < -0.39 is 0 Å². The molecule has 2 aromatic rings. The van der Waals surface area contributed by atoms with Crippen LogP contribution in [0.4, 0.5) is 0 Å². The van der Waals surface area contributed by atoms with Gasteiger partial charge < -0.3 is 10.7 Å². The minimum atomic E-state index is -0.0337. The lowest BCUT2D eigenvalue weighted by Crippen LogP contribution is -2.18. The van der Waals surface area contributed by atoms with Crippen LogP contribution in [0.1, 0.15) is 31.3 Å². The van der Waals surface area contributed by atoms with E-state index >= 15 is 0 Å². The Hall–Kier alpha value is -1.61. The number of imidazole rings is 1. The van der Waals surface area contributed by atoms with Gasteiger partial charge in [0.05, 0.1) is 17.9 Å². The molecule has 0 fully saturated rings. The fourth-order valence-electron chi connectivity index (χ4n) is 1.78. The molecule has 1 unspecified atom stereocenters. The molecule has 0 saturated heterocycles. The molecule has 0 radical (unpaired) electrons. The standard InChI is InChI=1S/C14H19N3/c1-9(2)13(15)14-16-8-12(17-14)11-6-4-5-10(3)7-11/h4-9,13H,15H2,1-3H3,(H,16,17). The minimum Gasteiger partial charge on any atom is -0.341 e. The van der Waals surface area contributed by atoms with Crippen molar-refractivity contribution in [2.45, 2.75) is 26.8 Å². The number of nitrogens with zero attached hydrogens (tertiary/aromatic N) is 1. The van der Waals surface area contributed by atoms with Crippen LogP contribution in [-0.4, -0.2) is 9.97 Å². The summed E-state index contributed by atoms with van der Waals surface area (Å²) in [4.78, 5) is 7.66. The highest BCUT2D eigenvalue weighted by Crippen LogP contribution is 2.22. The normalized spacial score (nSPS) is 13.0. The average molecular weight is 229 g/mol. The van der Waals surface area contributed by atoms with Gasteiger partial charge in [-0.15, -0.1) is 0 Å². The van der Waals surface area contributed by atoms with E-state index in [1.165, 1.54) is 5.56 Å². The van der Waals surface area contributed by atoms with E-state index in [1.807, 2.05) is 12.3 Å². The summed E-state index contributed by atoms with van der Waals surface area (Å²) in [5, 5.41) is 0. The SMILES string of the molecule is Cc1cccc(-c2cnc(C(N)C(C)C)[nH]2)c1. The Labute approximate surface area is 102 Å². The Bertz CT molecular complexity index is 500. The van der Waals surface area contributed by atoms with E-state index in [2.05, 4.69) is 48.9 Å². The molecule has 0 amide bonds. The first kappa shape index (κ1) is 11.9. The number of hydrogen-bond donors (Lipinski definition) is 2. The molecular formula is C14H19N3. The summed E-state index contributed by atoms with van der Waals surface area (Å²) >= 11 is 0. The number of H-pyrrole nitrogens is 1. The van der Waals surface area contributed by atoms with Gasteiger partial charge in [0, 0.05) is 0 Å². The second-order valence-electron chi connectivity index (χ2n) is 4.82. The maximum absolute atomic E-state index is 6.07. The van der Waals surface area contributed by atoms with Gasteiger partial charge in [-0.05, 0) is 24.5 Å². The second-order valence-corrected chi connectivity index (χ2v) is 4.82. The summed E-state index contributed by atoms with van der Waals surface area (Å²) in [7, 11) is 0. The first-order chi connectivity index (χ1) is 8.08. The first-order valence-electron chi connectivity index (χ1n) is 5.95. The van der Waals surface area contributed by atoms with Crippen molar-refractivity contribution >= 4 is 0 Å². The molecule has 1 aromatic heterocycles. The lowest BCUT2D eigenvalue weighted by atomic mass is 10.1. The minimum absolute atomic E-state index is 0.0337. The number of hydrogen-bond acceptors (Lipinski definition) is 2. The molecule has 0 aliphatic rings. The monoisotopic (exact) mass is 229 g/mol. The molecular weight excluding hydrogens is 210 g/mol. The third-order valence-corrected chi connectivity index (χ3v) is 2.96. The molecule has 3 heteroatoms. The van der Waals surface area contributed by atoms with Crippen LogP contribution in [0.15, 0.2) is 30.5 Å². The Morgan fingerprint density at radius 1 is 1.29 bits per heavy atom. The molecule has 1 aromatic carbocycles. The molecule has 3 nitrogen and oxygen atoms in total. The van der Waals surface area contributed by atoms with Gasteiger partial charge in [-0.1, -0.05) is 37.6 Å². The number of nitrogens with two attached hydrogens (primary N) is 1. The van der Waals surface area contributed by atoms with Crippen LogP contribution >= 0.6 is 0 Å². The summed E-state index contributed by atoms with van der Waals surface area (Å²) in [5.74, 6) is 1.24. The number of aromatic amines is 1. The fourth-order valence-corrected chi connectivity index (χ4v) is 1.78. The van der Waals surface area contributed by atoms with Crippen LogP contribution in [0, 0.1) is 12.8 Å². The predicted molar refractivity (Wildman–Crippen MR) is 70.5 cm³/mol. The second kappa shape index (κ2) is 4.72. The molecule has 0 spiro atoms. The van der Waals surface area contributed by atoms with Crippen LogP contribution in [-0.2, 0) is 0 Å². The Balaban J connectivity index is 2.30. The molecule has 2 rings (SSSR count). The van der Waals surface area contributed by atoms with Gasteiger partial charge in [-0.2, -0.15) is 0 Å². The number of nitrogens with one attached hydrogen (secondary N) is 1. The summed E-state index contributed by atoms with van der Waals surface area (Å²) in [6, 6.07) is 8.31. The van der Waals surface area contributed by atoms with Gasteiger partial charge in [-0.3, -0.25) is 0 Å². The molecule has 0 bridgehead atoms. The first-order valence-corrected chi connectivity index (χ1v) is 5.95. The lowest BCUT2D eigenvalue weighted by molar-refractivity contribution is 0.494. The summed E-state index contributed by atoms with van der Waals surface area (Å²) in [5.41, 5.74) is 9.49. The molecule has 17 heavy (non-hydrogen) atoms. The smallest absolute Gasteiger partial charge is 0.123 e. The summed E-state index contributed by atoms with van der Waals surface area (Å²) in [6.45, 7) is 6.28. The van der Waals surface area contributed by atoms with Crippen LogP contribution in [0.3, 0.4) is 0 Å². The highest BCUT2D eigenvalue weighted by molar-refractivity contribution is 5.59. The maximum Gasteiger partial charge on any atom is 0.123 e. The highest BCUT2D eigenvalue weighted by atomic mass is 15.0. The summed E-state index contributed by atoms with van der Waals surface area (Å²) in [6.07, 6.45) is 1.85. The quantitative estimate of drug-likeness (QED) is 0.850. The number of aromatic nitrogens is 2. The number of rotatable bonds is 3. The van der Waals surface area contributed by atoms with Gasteiger partial charge in [-0.25, -0.2) is 4.98 Å². The van der Waals surface area contributed by atoms with Gasteiger partial charge in [0.1, 0.15) is 5.82 Å². The third-order valence-electron chi connectivity index (χ3n) is 2.96. The topological polar surface area (TPSA) is 54.7 Å². The maximum atomic E-state index is 6.07.